The van der Waals surface area contributed by atoms with E-state index in [-0.39, 0.29) is 6.61 Å². The SMILES string of the molecule is CCC(C)(O)CCOC(=O)Nc1ccccc1. The molecule has 0 heterocycles. The minimum absolute atomic E-state index is 0.208. The van der Waals surface area contributed by atoms with E-state index in [4.69, 9.17) is 4.74 Å². The van der Waals surface area contributed by atoms with E-state index in [1.807, 2.05) is 25.1 Å². The number of benzene rings is 1. The zero-order chi connectivity index (χ0) is 12.7. The zero-order valence-corrected chi connectivity index (χ0v) is 10.3. The molecule has 1 aromatic rings. The highest BCUT2D eigenvalue weighted by Gasteiger charge is 2.17. The first kappa shape index (κ1) is 13.5. The number of rotatable bonds is 5. The van der Waals surface area contributed by atoms with Crippen LogP contribution in [0.5, 0.6) is 0 Å². The molecule has 1 aromatic carbocycles. The Kier molecular flexibility index (Phi) is 4.97. The van der Waals surface area contributed by atoms with Crippen LogP contribution in [-0.4, -0.2) is 23.4 Å². The quantitative estimate of drug-likeness (QED) is 0.827. The summed E-state index contributed by atoms with van der Waals surface area (Å²) in [7, 11) is 0. The van der Waals surface area contributed by atoms with Gasteiger partial charge in [-0.1, -0.05) is 25.1 Å². The fraction of sp³-hybridized carbons (Fsp3) is 0.462. The zero-order valence-electron chi connectivity index (χ0n) is 10.3. The number of hydrogen-bond acceptors (Lipinski definition) is 3. The van der Waals surface area contributed by atoms with Crippen LogP contribution in [0.4, 0.5) is 10.5 Å². The van der Waals surface area contributed by atoms with E-state index in [0.29, 0.717) is 18.5 Å². The van der Waals surface area contributed by atoms with Gasteiger partial charge in [0.05, 0.1) is 12.2 Å². The van der Waals surface area contributed by atoms with E-state index in [9.17, 15) is 9.90 Å². The third-order valence-corrected chi connectivity index (χ3v) is 2.66. The second-order valence-electron chi connectivity index (χ2n) is 4.23. The Morgan fingerprint density at radius 3 is 2.65 bits per heavy atom. The summed E-state index contributed by atoms with van der Waals surface area (Å²) in [4.78, 5) is 11.4. The number of anilines is 1. The van der Waals surface area contributed by atoms with Gasteiger partial charge in [-0.2, -0.15) is 0 Å². The molecule has 0 fully saturated rings. The maximum absolute atomic E-state index is 11.4. The predicted molar refractivity (Wildman–Crippen MR) is 66.9 cm³/mol. The van der Waals surface area contributed by atoms with Crippen LogP contribution in [0.2, 0.25) is 0 Å². The van der Waals surface area contributed by atoms with Crippen LogP contribution in [0.3, 0.4) is 0 Å². The molecule has 0 saturated carbocycles. The molecule has 1 amide bonds. The topological polar surface area (TPSA) is 58.6 Å². The van der Waals surface area contributed by atoms with Crippen LogP contribution < -0.4 is 5.32 Å². The van der Waals surface area contributed by atoms with Crippen molar-refractivity contribution in [2.75, 3.05) is 11.9 Å². The van der Waals surface area contributed by atoms with Gasteiger partial charge >= 0.3 is 6.09 Å². The summed E-state index contributed by atoms with van der Waals surface area (Å²) in [5.74, 6) is 0. The maximum Gasteiger partial charge on any atom is 0.411 e. The molecule has 0 radical (unpaired) electrons. The van der Waals surface area contributed by atoms with Gasteiger partial charge in [-0.15, -0.1) is 0 Å². The standard InChI is InChI=1S/C13H19NO3/c1-3-13(2,16)9-10-17-12(15)14-11-7-5-4-6-8-11/h4-8,16H,3,9-10H2,1-2H3,(H,14,15). The molecule has 0 aliphatic rings. The van der Waals surface area contributed by atoms with E-state index in [1.54, 1.807) is 19.1 Å². The van der Waals surface area contributed by atoms with Crippen molar-refractivity contribution in [2.24, 2.45) is 0 Å². The minimum Gasteiger partial charge on any atom is -0.449 e. The van der Waals surface area contributed by atoms with E-state index in [0.717, 1.165) is 0 Å². The highest BCUT2D eigenvalue weighted by molar-refractivity contribution is 5.84. The van der Waals surface area contributed by atoms with Crippen LogP contribution in [0.15, 0.2) is 30.3 Å². The Morgan fingerprint density at radius 1 is 1.41 bits per heavy atom. The summed E-state index contributed by atoms with van der Waals surface area (Å²) in [6, 6.07) is 9.09. The van der Waals surface area contributed by atoms with Gasteiger partial charge in [0.15, 0.2) is 0 Å². The molecule has 0 spiro atoms. The van der Waals surface area contributed by atoms with Crippen LogP contribution in [-0.2, 0) is 4.74 Å². The van der Waals surface area contributed by atoms with Gasteiger partial charge in [-0.05, 0) is 25.5 Å². The Balaban J connectivity index is 2.27. The molecule has 1 atom stereocenters. The number of amides is 1. The third kappa shape index (κ3) is 5.36. The normalized spacial score (nSPS) is 13.8. The molecule has 0 saturated heterocycles. The predicted octanol–water partition coefficient (Wildman–Crippen LogP) is 2.79. The van der Waals surface area contributed by atoms with Crippen molar-refractivity contribution >= 4 is 11.8 Å². The first-order chi connectivity index (χ1) is 8.03. The lowest BCUT2D eigenvalue weighted by Crippen LogP contribution is -2.26. The van der Waals surface area contributed by atoms with E-state index in [1.165, 1.54) is 0 Å². The summed E-state index contributed by atoms with van der Waals surface area (Å²) >= 11 is 0. The summed E-state index contributed by atoms with van der Waals surface area (Å²) in [6.45, 7) is 3.83. The summed E-state index contributed by atoms with van der Waals surface area (Å²) in [5.41, 5.74) is -0.0766. The highest BCUT2D eigenvalue weighted by Crippen LogP contribution is 2.13. The smallest absolute Gasteiger partial charge is 0.411 e. The van der Waals surface area contributed by atoms with Crippen molar-refractivity contribution in [1.29, 1.82) is 0 Å². The van der Waals surface area contributed by atoms with Crippen LogP contribution >= 0.6 is 0 Å². The molecule has 1 unspecified atom stereocenters. The van der Waals surface area contributed by atoms with Gasteiger partial charge in [0.25, 0.3) is 0 Å². The van der Waals surface area contributed by atoms with E-state index >= 15 is 0 Å². The van der Waals surface area contributed by atoms with Gasteiger partial charge in [-0.3, -0.25) is 5.32 Å². The molecule has 0 aliphatic heterocycles. The molecule has 0 aromatic heterocycles. The number of nitrogens with one attached hydrogen (secondary N) is 1. The number of para-hydroxylation sites is 1. The molecule has 2 N–H and O–H groups in total. The number of aliphatic hydroxyl groups is 1. The van der Waals surface area contributed by atoms with Crippen molar-refractivity contribution in [1.82, 2.24) is 0 Å². The first-order valence-electron chi connectivity index (χ1n) is 5.75. The Labute approximate surface area is 102 Å². The van der Waals surface area contributed by atoms with Gasteiger partial charge < -0.3 is 9.84 Å². The van der Waals surface area contributed by atoms with Gasteiger partial charge in [-0.25, -0.2) is 4.79 Å². The molecule has 0 aliphatic carbocycles. The van der Waals surface area contributed by atoms with Crippen molar-refractivity contribution < 1.29 is 14.6 Å². The van der Waals surface area contributed by atoms with Gasteiger partial charge in [0.2, 0.25) is 0 Å². The van der Waals surface area contributed by atoms with E-state index in [2.05, 4.69) is 5.32 Å². The largest absolute Gasteiger partial charge is 0.449 e. The lowest BCUT2D eigenvalue weighted by molar-refractivity contribution is 0.0269. The second-order valence-corrected chi connectivity index (χ2v) is 4.23. The molecule has 0 bridgehead atoms. The Hall–Kier alpha value is -1.55. The maximum atomic E-state index is 11.4. The first-order valence-corrected chi connectivity index (χ1v) is 5.75. The monoisotopic (exact) mass is 237 g/mol. The van der Waals surface area contributed by atoms with E-state index < -0.39 is 11.7 Å². The van der Waals surface area contributed by atoms with Crippen molar-refractivity contribution in [2.45, 2.75) is 32.3 Å². The number of carbonyl (C=O) groups is 1. The Morgan fingerprint density at radius 2 is 2.06 bits per heavy atom. The molecule has 17 heavy (non-hydrogen) atoms. The lowest BCUT2D eigenvalue weighted by Gasteiger charge is -2.20. The number of carbonyl (C=O) groups excluding carboxylic acids is 1. The second kappa shape index (κ2) is 6.25. The minimum atomic E-state index is -0.771. The van der Waals surface area contributed by atoms with Gasteiger partial charge in [0.1, 0.15) is 0 Å². The molecule has 94 valence electrons. The lowest BCUT2D eigenvalue weighted by atomic mass is 10.0. The molecular weight excluding hydrogens is 218 g/mol. The van der Waals surface area contributed by atoms with Crippen molar-refractivity contribution in [3.05, 3.63) is 30.3 Å². The van der Waals surface area contributed by atoms with Gasteiger partial charge in [0, 0.05) is 12.1 Å². The fourth-order valence-corrected chi connectivity index (χ4v) is 1.22. The summed E-state index contributed by atoms with van der Waals surface area (Å²) in [5, 5.41) is 12.3. The van der Waals surface area contributed by atoms with Crippen LogP contribution in [0.1, 0.15) is 26.7 Å². The highest BCUT2D eigenvalue weighted by atomic mass is 16.5. The average molecular weight is 237 g/mol. The molecular formula is C13H19NO3. The molecule has 4 heteroatoms. The molecule has 4 nitrogen and oxygen atoms in total. The molecule has 1 rings (SSSR count). The number of ether oxygens (including phenoxy) is 1. The fourth-order valence-electron chi connectivity index (χ4n) is 1.22. The van der Waals surface area contributed by atoms with Crippen molar-refractivity contribution in [3.8, 4) is 0 Å². The Bertz CT molecular complexity index is 349. The summed E-state index contributed by atoms with van der Waals surface area (Å²) in [6.07, 6.45) is 0.575. The van der Waals surface area contributed by atoms with Crippen molar-refractivity contribution in [3.63, 3.8) is 0 Å². The van der Waals surface area contributed by atoms with Crippen LogP contribution in [0.25, 0.3) is 0 Å². The third-order valence-electron chi connectivity index (χ3n) is 2.66. The van der Waals surface area contributed by atoms with Crippen LogP contribution in [0, 0.1) is 0 Å². The number of hydrogen-bond donors (Lipinski definition) is 2. The summed E-state index contributed by atoms with van der Waals surface area (Å²) < 4.78 is 4.97. The average Bonchev–Trinajstić information content (AvgIpc) is 2.30.